The Balaban J connectivity index is 2.42. The molecule has 0 amide bonds. The van der Waals surface area contributed by atoms with Gasteiger partial charge in [-0.1, -0.05) is 60.7 Å². The van der Waals surface area contributed by atoms with Crippen LogP contribution in [-0.2, 0) is 0 Å². The van der Waals surface area contributed by atoms with E-state index in [0.717, 1.165) is 32.7 Å². The van der Waals surface area contributed by atoms with Gasteiger partial charge >= 0.3 is 0 Å². The third-order valence-electron chi connectivity index (χ3n) is 3.82. The minimum atomic E-state index is 0.0834. The molecule has 2 aliphatic carbocycles. The van der Waals surface area contributed by atoms with E-state index in [9.17, 15) is 4.79 Å². The molecule has 0 saturated carbocycles. The fourth-order valence-electron chi connectivity index (χ4n) is 2.92. The summed E-state index contributed by atoms with van der Waals surface area (Å²) in [5.74, 6) is 0. The fourth-order valence-corrected chi connectivity index (χ4v) is 2.92. The molecule has 0 aliphatic heterocycles. The lowest BCUT2D eigenvalue weighted by atomic mass is 9.98. The first kappa shape index (κ1) is 11.2. The lowest BCUT2D eigenvalue weighted by Crippen LogP contribution is -2.02. The van der Waals surface area contributed by atoms with Gasteiger partial charge in [-0.05, 0) is 39.2 Å². The quantitative estimate of drug-likeness (QED) is 0.454. The number of hydrogen-bond acceptors (Lipinski definition) is 1. The van der Waals surface area contributed by atoms with Crippen molar-refractivity contribution in [3.63, 3.8) is 0 Å². The second-order valence-electron chi connectivity index (χ2n) is 5.00. The van der Waals surface area contributed by atoms with Gasteiger partial charge in [0, 0.05) is 5.56 Å². The summed E-state index contributed by atoms with van der Waals surface area (Å²) in [4.78, 5) is 12.4. The van der Waals surface area contributed by atoms with Crippen LogP contribution in [0.2, 0.25) is 0 Å². The summed E-state index contributed by atoms with van der Waals surface area (Å²) in [6.07, 6.45) is 0. The molecule has 0 unspecified atom stereocenters. The molecule has 0 heterocycles. The Bertz CT molecular complexity index is 970. The van der Waals surface area contributed by atoms with Crippen LogP contribution in [0.3, 0.4) is 0 Å². The molecule has 0 spiro atoms. The van der Waals surface area contributed by atoms with Gasteiger partial charge in [0.25, 0.3) is 0 Å². The third-order valence-corrected chi connectivity index (χ3v) is 3.82. The number of rotatable bonds is 0. The third kappa shape index (κ3) is 1.53. The lowest BCUT2D eigenvalue weighted by molar-refractivity contribution is 1.60. The van der Waals surface area contributed by atoms with E-state index in [2.05, 4.69) is 24.3 Å². The summed E-state index contributed by atoms with van der Waals surface area (Å²) >= 11 is 0. The Morgan fingerprint density at radius 1 is 0.600 bits per heavy atom. The summed E-state index contributed by atoms with van der Waals surface area (Å²) in [6.45, 7) is 0. The van der Waals surface area contributed by atoms with Gasteiger partial charge in [-0.3, -0.25) is 4.79 Å². The Kier molecular flexibility index (Phi) is 2.33. The SMILES string of the molecule is O=c1cccc2c3ccccc3cc3ccccc3c1-2. The van der Waals surface area contributed by atoms with Crippen molar-refractivity contribution in [1.29, 1.82) is 0 Å². The second-order valence-corrected chi connectivity index (χ2v) is 5.00. The van der Waals surface area contributed by atoms with Gasteiger partial charge in [0.1, 0.15) is 0 Å². The van der Waals surface area contributed by atoms with Crippen molar-refractivity contribution >= 4 is 21.5 Å². The maximum atomic E-state index is 12.4. The van der Waals surface area contributed by atoms with Crippen LogP contribution in [0.1, 0.15) is 0 Å². The van der Waals surface area contributed by atoms with E-state index in [1.54, 1.807) is 6.07 Å². The highest BCUT2D eigenvalue weighted by Gasteiger charge is 2.11. The molecule has 2 aliphatic rings. The Morgan fingerprint density at radius 3 is 2.05 bits per heavy atom. The van der Waals surface area contributed by atoms with Gasteiger partial charge < -0.3 is 0 Å². The van der Waals surface area contributed by atoms with Gasteiger partial charge in [0.05, 0.1) is 0 Å². The van der Waals surface area contributed by atoms with Crippen LogP contribution in [0.25, 0.3) is 32.7 Å². The summed E-state index contributed by atoms with van der Waals surface area (Å²) in [5.41, 5.74) is 1.92. The highest BCUT2D eigenvalue weighted by Crippen LogP contribution is 2.33. The summed E-state index contributed by atoms with van der Waals surface area (Å²) in [7, 11) is 0. The van der Waals surface area contributed by atoms with Crippen LogP contribution >= 0.6 is 0 Å². The highest BCUT2D eigenvalue weighted by atomic mass is 16.1. The number of fused-ring (bicyclic) bond motifs is 5. The number of benzene rings is 3. The first-order valence-corrected chi connectivity index (χ1v) is 6.68. The minimum Gasteiger partial charge on any atom is -0.289 e. The van der Waals surface area contributed by atoms with E-state index >= 15 is 0 Å². The zero-order chi connectivity index (χ0) is 13.5. The summed E-state index contributed by atoms with van der Waals surface area (Å²) in [5, 5.41) is 4.40. The van der Waals surface area contributed by atoms with Gasteiger partial charge in [-0.2, -0.15) is 0 Å². The van der Waals surface area contributed by atoms with E-state index in [4.69, 9.17) is 0 Å². The fraction of sp³-hybridized carbons (Fsp3) is 0. The molecule has 0 aromatic heterocycles. The molecule has 0 N–H and O–H groups in total. The Labute approximate surface area is 116 Å². The first-order valence-electron chi connectivity index (χ1n) is 6.68. The Hall–Kier alpha value is -2.67. The van der Waals surface area contributed by atoms with Crippen molar-refractivity contribution < 1.29 is 0 Å². The van der Waals surface area contributed by atoms with Crippen LogP contribution in [0, 0.1) is 0 Å². The molecule has 0 bridgehead atoms. The topological polar surface area (TPSA) is 17.1 Å². The van der Waals surface area contributed by atoms with Gasteiger partial charge in [-0.25, -0.2) is 0 Å². The maximum Gasteiger partial charge on any atom is 0.187 e. The minimum absolute atomic E-state index is 0.0834. The molecule has 4 rings (SSSR count). The zero-order valence-corrected chi connectivity index (χ0v) is 10.8. The predicted molar refractivity (Wildman–Crippen MR) is 84.3 cm³/mol. The van der Waals surface area contributed by atoms with Crippen molar-refractivity contribution in [2.45, 2.75) is 0 Å². The maximum absolute atomic E-state index is 12.4. The molecule has 2 aromatic carbocycles. The number of hydrogen-bond donors (Lipinski definition) is 0. The zero-order valence-electron chi connectivity index (χ0n) is 10.8. The molecule has 94 valence electrons. The lowest BCUT2D eigenvalue weighted by Gasteiger charge is -2.04. The average Bonchev–Trinajstić information content (AvgIpc) is 2.62. The molecule has 0 radical (unpaired) electrons. The van der Waals surface area contributed by atoms with E-state index in [0.29, 0.717) is 0 Å². The van der Waals surface area contributed by atoms with Gasteiger partial charge in [0.2, 0.25) is 0 Å². The summed E-state index contributed by atoms with van der Waals surface area (Å²) < 4.78 is 0. The van der Waals surface area contributed by atoms with Crippen LogP contribution in [0.4, 0.5) is 0 Å². The average molecular weight is 256 g/mol. The molecule has 2 aromatic rings. The molecule has 0 fully saturated rings. The largest absolute Gasteiger partial charge is 0.289 e. The standard InChI is InChI=1S/C19H12O/c20-18-11-5-10-17-15-8-3-1-6-13(15)12-14-7-2-4-9-16(14)19(17)18/h1-12H. The van der Waals surface area contributed by atoms with E-state index in [1.165, 1.54) is 0 Å². The first-order chi connectivity index (χ1) is 9.84. The van der Waals surface area contributed by atoms with E-state index in [-0.39, 0.29) is 5.43 Å². The molecular weight excluding hydrogens is 244 g/mol. The van der Waals surface area contributed by atoms with Gasteiger partial charge in [0.15, 0.2) is 5.43 Å². The molecule has 0 saturated heterocycles. The highest BCUT2D eigenvalue weighted by molar-refractivity contribution is 6.08. The predicted octanol–water partition coefficient (Wildman–Crippen LogP) is 4.46. The van der Waals surface area contributed by atoms with Crippen molar-refractivity contribution in [3.8, 4) is 11.1 Å². The van der Waals surface area contributed by atoms with E-state index in [1.807, 2.05) is 42.5 Å². The van der Waals surface area contributed by atoms with Crippen LogP contribution in [0.15, 0.2) is 77.6 Å². The van der Waals surface area contributed by atoms with Crippen LogP contribution in [-0.4, -0.2) is 0 Å². The molecule has 1 nitrogen and oxygen atoms in total. The van der Waals surface area contributed by atoms with Crippen molar-refractivity contribution in [2.24, 2.45) is 0 Å². The second kappa shape index (κ2) is 4.17. The smallest absolute Gasteiger partial charge is 0.187 e. The summed E-state index contributed by atoms with van der Waals surface area (Å²) in [6, 6.07) is 24.0. The van der Waals surface area contributed by atoms with Crippen LogP contribution < -0.4 is 5.43 Å². The van der Waals surface area contributed by atoms with E-state index < -0.39 is 0 Å². The molecule has 0 atom stereocenters. The monoisotopic (exact) mass is 256 g/mol. The normalized spacial score (nSPS) is 11.2. The molecule has 1 heteroatoms. The Morgan fingerprint density at radius 2 is 1.25 bits per heavy atom. The van der Waals surface area contributed by atoms with Crippen molar-refractivity contribution in [3.05, 3.63) is 83.0 Å². The van der Waals surface area contributed by atoms with Gasteiger partial charge in [-0.15, -0.1) is 0 Å². The van der Waals surface area contributed by atoms with Crippen LogP contribution in [0.5, 0.6) is 0 Å². The van der Waals surface area contributed by atoms with Crippen molar-refractivity contribution in [2.75, 3.05) is 0 Å². The molecular formula is C19H12O. The van der Waals surface area contributed by atoms with Crippen molar-refractivity contribution in [1.82, 2.24) is 0 Å². The molecule has 20 heavy (non-hydrogen) atoms.